The molecule has 0 aliphatic heterocycles. The Kier molecular flexibility index (Phi) is 5.12. The summed E-state index contributed by atoms with van der Waals surface area (Å²) in [5.74, 6) is 1.85. The van der Waals surface area contributed by atoms with Gasteiger partial charge in [0.25, 0.3) is 0 Å². The lowest BCUT2D eigenvalue weighted by Gasteiger charge is -2.27. The molecule has 0 bridgehead atoms. The third kappa shape index (κ3) is 3.01. The number of benzene rings is 1. The van der Waals surface area contributed by atoms with Crippen molar-refractivity contribution in [3.05, 3.63) is 22.8 Å². The molecule has 1 atom stereocenters. The summed E-state index contributed by atoms with van der Waals surface area (Å²) >= 11 is 4.60. The molecule has 0 heterocycles. The van der Waals surface area contributed by atoms with Crippen LogP contribution in [0.15, 0.2) is 11.1 Å². The summed E-state index contributed by atoms with van der Waals surface area (Å²) < 4.78 is 11.2. The van der Waals surface area contributed by atoms with Crippen LogP contribution in [0, 0.1) is 0 Å². The molecule has 0 radical (unpaired) electrons. The van der Waals surface area contributed by atoms with Crippen molar-refractivity contribution in [2.75, 3.05) is 20.8 Å². The number of thiocarbonyl (C=S) groups is 1. The summed E-state index contributed by atoms with van der Waals surface area (Å²) in [6.45, 7) is 0.605. The van der Waals surface area contributed by atoms with E-state index in [-0.39, 0.29) is 6.04 Å². The van der Waals surface area contributed by atoms with Gasteiger partial charge in [0, 0.05) is 17.2 Å². The monoisotopic (exact) mass is 292 g/mol. The van der Waals surface area contributed by atoms with E-state index in [2.05, 4.69) is 22.4 Å². The van der Waals surface area contributed by atoms with Crippen molar-refractivity contribution in [2.45, 2.75) is 31.7 Å². The smallest absolute Gasteiger partial charge is 0.125 e. The number of ether oxygens (including phenoxy) is 2. The van der Waals surface area contributed by atoms with Crippen molar-refractivity contribution in [1.82, 2.24) is 0 Å². The molecule has 0 fully saturated rings. The quantitative estimate of drug-likeness (QED) is 0.667. The van der Waals surface area contributed by atoms with Gasteiger partial charge in [-0.25, -0.2) is 4.99 Å². The van der Waals surface area contributed by atoms with Crippen LogP contribution >= 0.6 is 12.2 Å². The van der Waals surface area contributed by atoms with E-state index in [4.69, 9.17) is 15.2 Å². The molecule has 0 saturated heterocycles. The molecule has 20 heavy (non-hydrogen) atoms. The first-order chi connectivity index (χ1) is 9.71. The topological polar surface area (TPSA) is 56.8 Å². The summed E-state index contributed by atoms with van der Waals surface area (Å²) in [6.07, 6.45) is 3.51. The Balaban J connectivity index is 2.46. The number of nitrogens with two attached hydrogens (primary N) is 1. The van der Waals surface area contributed by atoms with Gasteiger partial charge in [0.2, 0.25) is 0 Å². The van der Waals surface area contributed by atoms with Crippen LogP contribution in [-0.2, 0) is 19.3 Å². The van der Waals surface area contributed by atoms with E-state index in [1.165, 1.54) is 11.1 Å². The standard InChI is InChI=1S/C15H20N2O2S/c1-18-14-7-10(5-6-17-9-20)15(19-2)13-8-11(16)3-4-12(13)14/h7,11H,3-6,8,16H2,1-2H3. The molecule has 2 rings (SSSR count). The highest BCUT2D eigenvalue weighted by Gasteiger charge is 2.24. The first-order valence-electron chi connectivity index (χ1n) is 6.76. The maximum Gasteiger partial charge on any atom is 0.125 e. The van der Waals surface area contributed by atoms with Gasteiger partial charge in [0.1, 0.15) is 11.5 Å². The average molecular weight is 292 g/mol. The number of fused-ring (bicyclic) bond motifs is 1. The predicted octanol–water partition coefficient (Wildman–Crippen LogP) is 2.17. The zero-order valence-electron chi connectivity index (χ0n) is 11.9. The maximum absolute atomic E-state index is 6.10. The number of nitrogens with zero attached hydrogens (tertiary/aromatic N) is 1. The molecule has 5 heteroatoms. The Labute approximate surface area is 125 Å². The molecular formula is C15H20N2O2S. The fraction of sp³-hybridized carbons (Fsp3) is 0.533. The fourth-order valence-electron chi connectivity index (χ4n) is 2.82. The number of methoxy groups -OCH3 is 2. The van der Waals surface area contributed by atoms with Gasteiger partial charge in [-0.05, 0) is 49.5 Å². The van der Waals surface area contributed by atoms with E-state index in [0.717, 1.165) is 42.7 Å². The SMILES string of the molecule is COc1cc(CCN=C=S)c(OC)c2c1CCC(N)C2. The van der Waals surface area contributed by atoms with Crippen LogP contribution in [0.4, 0.5) is 0 Å². The molecule has 4 nitrogen and oxygen atoms in total. The minimum Gasteiger partial charge on any atom is -0.496 e. The van der Waals surface area contributed by atoms with Gasteiger partial charge in [-0.15, -0.1) is 0 Å². The van der Waals surface area contributed by atoms with Gasteiger partial charge in [0.05, 0.1) is 25.9 Å². The minimum absolute atomic E-state index is 0.190. The van der Waals surface area contributed by atoms with Crippen molar-refractivity contribution < 1.29 is 9.47 Å². The zero-order chi connectivity index (χ0) is 14.5. The second kappa shape index (κ2) is 6.84. The van der Waals surface area contributed by atoms with E-state index < -0.39 is 0 Å². The van der Waals surface area contributed by atoms with Crippen molar-refractivity contribution in [3.63, 3.8) is 0 Å². The van der Waals surface area contributed by atoms with Crippen molar-refractivity contribution in [3.8, 4) is 11.5 Å². The third-order valence-electron chi connectivity index (χ3n) is 3.75. The van der Waals surface area contributed by atoms with E-state index in [9.17, 15) is 0 Å². The summed E-state index contributed by atoms with van der Waals surface area (Å²) in [7, 11) is 3.41. The Morgan fingerprint density at radius 3 is 2.85 bits per heavy atom. The van der Waals surface area contributed by atoms with Gasteiger partial charge in [-0.1, -0.05) is 0 Å². The highest BCUT2D eigenvalue weighted by molar-refractivity contribution is 7.78. The van der Waals surface area contributed by atoms with Crippen molar-refractivity contribution in [1.29, 1.82) is 0 Å². The Morgan fingerprint density at radius 1 is 1.40 bits per heavy atom. The van der Waals surface area contributed by atoms with E-state index in [1.54, 1.807) is 14.2 Å². The van der Waals surface area contributed by atoms with Gasteiger partial charge >= 0.3 is 0 Å². The summed E-state index contributed by atoms with van der Waals surface area (Å²) in [4.78, 5) is 3.97. The molecule has 1 unspecified atom stereocenters. The van der Waals surface area contributed by atoms with E-state index in [1.807, 2.05) is 6.07 Å². The average Bonchev–Trinajstić information content (AvgIpc) is 2.46. The van der Waals surface area contributed by atoms with E-state index >= 15 is 0 Å². The molecule has 1 aliphatic rings. The van der Waals surface area contributed by atoms with Gasteiger partial charge in [-0.3, -0.25) is 0 Å². The lowest BCUT2D eigenvalue weighted by atomic mass is 9.85. The molecule has 0 saturated carbocycles. The lowest BCUT2D eigenvalue weighted by molar-refractivity contribution is 0.381. The van der Waals surface area contributed by atoms with Gasteiger partial charge < -0.3 is 15.2 Å². The van der Waals surface area contributed by atoms with Crippen LogP contribution in [0.5, 0.6) is 11.5 Å². The normalized spacial score (nSPS) is 17.1. The molecule has 1 aromatic rings. The first-order valence-corrected chi connectivity index (χ1v) is 7.16. The summed E-state index contributed by atoms with van der Waals surface area (Å²) in [5, 5.41) is 2.39. The molecule has 0 spiro atoms. The number of hydrogen-bond acceptors (Lipinski definition) is 5. The predicted molar refractivity (Wildman–Crippen MR) is 83.1 cm³/mol. The molecule has 1 aliphatic carbocycles. The third-order valence-corrected chi connectivity index (χ3v) is 3.87. The Hall–Kier alpha value is -1.42. The van der Waals surface area contributed by atoms with Gasteiger partial charge in [-0.2, -0.15) is 0 Å². The zero-order valence-corrected chi connectivity index (χ0v) is 12.8. The molecule has 0 amide bonds. The highest BCUT2D eigenvalue weighted by Crippen LogP contribution is 2.38. The second-order valence-corrected chi connectivity index (χ2v) is 5.14. The van der Waals surface area contributed by atoms with Crippen molar-refractivity contribution >= 4 is 17.4 Å². The van der Waals surface area contributed by atoms with E-state index in [0.29, 0.717) is 6.54 Å². The minimum atomic E-state index is 0.190. The molecule has 108 valence electrons. The summed E-state index contributed by atoms with van der Waals surface area (Å²) in [5.41, 5.74) is 9.60. The fourth-order valence-corrected chi connectivity index (χ4v) is 2.91. The number of aliphatic imine (C=N–C) groups is 1. The van der Waals surface area contributed by atoms with Crippen LogP contribution in [0.3, 0.4) is 0 Å². The van der Waals surface area contributed by atoms with Gasteiger partial charge in [0.15, 0.2) is 0 Å². The Morgan fingerprint density at radius 2 is 2.20 bits per heavy atom. The Bertz CT molecular complexity index is 539. The number of hydrogen-bond donors (Lipinski definition) is 1. The van der Waals surface area contributed by atoms with Crippen LogP contribution < -0.4 is 15.2 Å². The number of rotatable bonds is 5. The van der Waals surface area contributed by atoms with Crippen molar-refractivity contribution in [2.24, 2.45) is 10.7 Å². The second-order valence-electron chi connectivity index (χ2n) is 4.95. The van der Waals surface area contributed by atoms with Crippen LogP contribution in [0.1, 0.15) is 23.1 Å². The summed E-state index contributed by atoms with van der Waals surface area (Å²) in [6, 6.07) is 2.24. The molecule has 1 aromatic carbocycles. The highest BCUT2D eigenvalue weighted by atomic mass is 32.1. The van der Waals surface area contributed by atoms with Crippen LogP contribution in [0.2, 0.25) is 0 Å². The molecule has 0 aromatic heterocycles. The largest absolute Gasteiger partial charge is 0.496 e. The van der Waals surface area contributed by atoms with Crippen LogP contribution in [-0.4, -0.2) is 32.0 Å². The van der Waals surface area contributed by atoms with Crippen LogP contribution in [0.25, 0.3) is 0 Å². The maximum atomic E-state index is 6.10. The first kappa shape index (κ1) is 15.0. The number of isothiocyanates is 1. The molecular weight excluding hydrogens is 272 g/mol. The molecule has 2 N–H and O–H groups in total. The lowest BCUT2D eigenvalue weighted by Crippen LogP contribution is -2.28.